The first-order valence-corrected chi connectivity index (χ1v) is 8.81. The first-order valence-electron chi connectivity index (χ1n) is 8.02. The van der Waals surface area contributed by atoms with E-state index in [-0.39, 0.29) is 12.0 Å². The minimum Gasteiger partial charge on any atom is -0.444 e. The molecule has 0 bridgehead atoms. The summed E-state index contributed by atoms with van der Waals surface area (Å²) >= 11 is 3.46. The van der Waals surface area contributed by atoms with Gasteiger partial charge < -0.3 is 15.4 Å². The van der Waals surface area contributed by atoms with Gasteiger partial charge in [0.2, 0.25) is 0 Å². The molecule has 2 aromatic heterocycles. The molecule has 1 aliphatic heterocycles. The van der Waals surface area contributed by atoms with Crippen LogP contribution in [0.15, 0.2) is 17.0 Å². The molecular formula is C16H22BrN5O2. The zero-order valence-electron chi connectivity index (χ0n) is 14.1. The van der Waals surface area contributed by atoms with Crippen LogP contribution in [0.4, 0.5) is 10.6 Å². The van der Waals surface area contributed by atoms with Gasteiger partial charge >= 0.3 is 6.09 Å². The maximum atomic E-state index is 12.4. The van der Waals surface area contributed by atoms with Crippen molar-refractivity contribution < 1.29 is 9.53 Å². The molecular weight excluding hydrogens is 374 g/mol. The Hall–Kier alpha value is -1.83. The van der Waals surface area contributed by atoms with E-state index in [1.165, 1.54) is 0 Å². The van der Waals surface area contributed by atoms with Crippen LogP contribution in [0, 0.1) is 0 Å². The number of nitrogens with two attached hydrogens (primary N) is 1. The molecule has 8 heteroatoms. The van der Waals surface area contributed by atoms with Crippen molar-refractivity contribution >= 4 is 33.4 Å². The SMILES string of the molecule is CC(C)(C)OC(=O)N1CCCC(c2nc(Br)c3c(N)nccn23)C1. The molecule has 7 nitrogen and oxygen atoms in total. The summed E-state index contributed by atoms with van der Waals surface area (Å²) < 4.78 is 8.13. The number of halogens is 1. The fourth-order valence-corrected chi connectivity index (χ4v) is 3.59. The number of carbonyl (C=O) groups is 1. The Morgan fingerprint density at radius 2 is 2.21 bits per heavy atom. The molecule has 3 heterocycles. The molecule has 1 aliphatic rings. The second-order valence-corrected chi connectivity index (χ2v) is 7.81. The van der Waals surface area contributed by atoms with Crippen LogP contribution in [-0.2, 0) is 4.74 Å². The highest BCUT2D eigenvalue weighted by Gasteiger charge is 2.31. The molecule has 1 atom stereocenters. The number of rotatable bonds is 1. The molecule has 1 saturated heterocycles. The number of ether oxygens (including phenoxy) is 1. The van der Waals surface area contributed by atoms with Crippen molar-refractivity contribution in [2.75, 3.05) is 18.8 Å². The van der Waals surface area contributed by atoms with Gasteiger partial charge in [-0.15, -0.1) is 0 Å². The lowest BCUT2D eigenvalue weighted by molar-refractivity contribution is 0.0196. The van der Waals surface area contributed by atoms with Gasteiger partial charge in [-0.05, 0) is 49.5 Å². The minimum atomic E-state index is -0.493. The molecule has 0 spiro atoms. The predicted molar refractivity (Wildman–Crippen MR) is 94.9 cm³/mol. The van der Waals surface area contributed by atoms with Crippen LogP contribution in [0.2, 0.25) is 0 Å². The highest BCUT2D eigenvalue weighted by atomic mass is 79.9. The average molecular weight is 396 g/mol. The summed E-state index contributed by atoms with van der Waals surface area (Å²) in [5.74, 6) is 1.45. The molecule has 2 N–H and O–H groups in total. The van der Waals surface area contributed by atoms with E-state index >= 15 is 0 Å². The second-order valence-electron chi connectivity index (χ2n) is 7.06. The molecule has 130 valence electrons. The number of fused-ring (bicyclic) bond motifs is 1. The Morgan fingerprint density at radius 3 is 2.92 bits per heavy atom. The maximum Gasteiger partial charge on any atom is 0.410 e. The van der Waals surface area contributed by atoms with E-state index in [1.807, 2.05) is 31.4 Å². The highest BCUT2D eigenvalue weighted by Crippen LogP contribution is 2.31. The smallest absolute Gasteiger partial charge is 0.410 e. The molecule has 1 unspecified atom stereocenters. The first-order chi connectivity index (χ1) is 11.3. The number of amides is 1. The third-order valence-corrected chi connectivity index (χ3v) is 4.56. The Bertz CT molecular complexity index is 768. The van der Waals surface area contributed by atoms with E-state index < -0.39 is 5.60 Å². The van der Waals surface area contributed by atoms with E-state index in [0.29, 0.717) is 23.5 Å². The fraction of sp³-hybridized carbons (Fsp3) is 0.562. The van der Waals surface area contributed by atoms with Crippen molar-refractivity contribution in [2.24, 2.45) is 0 Å². The summed E-state index contributed by atoms with van der Waals surface area (Å²) in [5.41, 5.74) is 6.23. The van der Waals surface area contributed by atoms with Gasteiger partial charge in [0, 0.05) is 31.4 Å². The van der Waals surface area contributed by atoms with E-state index in [4.69, 9.17) is 10.5 Å². The lowest BCUT2D eigenvalue weighted by atomic mass is 9.97. The quantitative estimate of drug-likeness (QED) is 0.800. The Kier molecular flexibility index (Phi) is 4.42. The van der Waals surface area contributed by atoms with Gasteiger partial charge in [-0.3, -0.25) is 4.40 Å². The van der Waals surface area contributed by atoms with Crippen LogP contribution >= 0.6 is 15.9 Å². The van der Waals surface area contributed by atoms with E-state index in [2.05, 4.69) is 25.9 Å². The third kappa shape index (κ3) is 3.33. The van der Waals surface area contributed by atoms with E-state index in [9.17, 15) is 4.79 Å². The van der Waals surface area contributed by atoms with Crippen molar-refractivity contribution in [3.63, 3.8) is 0 Å². The Morgan fingerprint density at radius 1 is 1.46 bits per heavy atom. The number of imidazole rings is 1. The monoisotopic (exact) mass is 395 g/mol. The Balaban J connectivity index is 1.86. The summed E-state index contributed by atoms with van der Waals surface area (Å²) in [4.78, 5) is 22.8. The lowest BCUT2D eigenvalue weighted by Crippen LogP contribution is -2.42. The summed E-state index contributed by atoms with van der Waals surface area (Å²) in [6.07, 6.45) is 5.12. The second kappa shape index (κ2) is 6.23. The van der Waals surface area contributed by atoms with Gasteiger partial charge in [-0.25, -0.2) is 14.8 Å². The van der Waals surface area contributed by atoms with Gasteiger partial charge in [0.25, 0.3) is 0 Å². The van der Waals surface area contributed by atoms with Gasteiger partial charge in [0.1, 0.15) is 21.5 Å². The molecule has 2 aromatic rings. The number of likely N-dealkylation sites (tertiary alicyclic amines) is 1. The number of nitrogens with zero attached hydrogens (tertiary/aromatic N) is 4. The number of aromatic nitrogens is 3. The van der Waals surface area contributed by atoms with Gasteiger partial charge in [-0.2, -0.15) is 0 Å². The van der Waals surface area contributed by atoms with Crippen LogP contribution in [-0.4, -0.2) is 44.1 Å². The molecule has 0 aliphatic carbocycles. The molecule has 1 amide bonds. The predicted octanol–water partition coefficient (Wildman–Crippen LogP) is 3.19. The van der Waals surface area contributed by atoms with Crippen LogP contribution in [0.1, 0.15) is 45.4 Å². The third-order valence-electron chi connectivity index (χ3n) is 4.01. The molecule has 24 heavy (non-hydrogen) atoms. The molecule has 0 saturated carbocycles. The van der Waals surface area contributed by atoms with Crippen LogP contribution in [0.5, 0.6) is 0 Å². The number of nitrogen functional groups attached to an aromatic ring is 1. The highest BCUT2D eigenvalue weighted by molar-refractivity contribution is 9.10. The Labute approximate surface area is 149 Å². The zero-order valence-corrected chi connectivity index (χ0v) is 15.7. The number of hydrogen-bond donors (Lipinski definition) is 1. The first kappa shape index (κ1) is 17.0. The van der Waals surface area contributed by atoms with Crippen molar-refractivity contribution in [2.45, 2.75) is 45.1 Å². The standard InChI is InChI=1S/C16H22BrN5O2/c1-16(2,3)24-15(23)21-7-4-5-10(9-21)14-20-12(17)11-13(18)19-6-8-22(11)14/h6,8,10H,4-5,7,9H2,1-3H3,(H2,18,19). The summed E-state index contributed by atoms with van der Waals surface area (Å²) in [7, 11) is 0. The average Bonchev–Trinajstić information content (AvgIpc) is 2.84. The summed E-state index contributed by atoms with van der Waals surface area (Å²) in [6.45, 7) is 6.92. The van der Waals surface area contributed by atoms with Crippen molar-refractivity contribution in [1.82, 2.24) is 19.3 Å². The number of anilines is 1. The minimum absolute atomic E-state index is 0.131. The topological polar surface area (TPSA) is 85.8 Å². The van der Waals surface area contributed by atoms with Crippen LogP contribution < -0.4 is 5.73 Å². The molecule has 3 rings (SSSR count). The normalized spacial score (nSPS) is 18.8. The summed E-state index contributed by atoms with van der Waals surface area (Å²) in [5, 5.41) is 0. The number of hydrogen-bond acceptors (Lipinski definition) is 5. The number of carbonyl (C=O) groups excluding carboxylic acids is 1. The van der Waals surface area contributed by atoms with Crippen molar-refractivity contribution in [1.29, 1.82) is 0 Å². The lowest BCUT2D eigenvalue weighted by Gasteiger charge is -2.33. The number of piperidine rings is 1. The molecule has 1 fully saturated rings. The molecule has 0 aromatic carbocycles. The fourth-order valence-electron chi connectivity index (χ4n) is 3.01. The van der Waals surface area contributed by atoms with Gasteiger partial charge in [0.15, 0.2) is 5.82 Å². The van der Waals surface area contributed by atoms with Crippen molar-refractivity contribution in [3.05, 3.63) is 22.8 Å². The molecule has 0 radical (unpaired) electrons. The van der Waals surface area contributed by atoms with E-state index in [1.54, 1.807) is 11.1 Å². The zero-order chi connectivity index (χ0) is 17.5. The van der Waals surface area contributed by atoms with Gasteiger partial charge in [0.05, 0.1) is 0 Å². The van der Waals surface area contributed by atoms with E-state index in [0.717, 1.165) is 24.2 Å². The summed E-state index contributed by atoms with van der Waals surface area (Å²) in [6, 6.07) is 0. The largest absolute Gasteiger partial charge is 0.444 e. The van der Waals surface area contributed by atoms with Crippen LogP contribution in [0.3, 0.4) is 0 Å². The maximum absolute atomic E-state index is 12.4. The van der Waals surface area contributed by atoms with Crippen LogP contribution in [0.25, 0.3) is 5.52 Å². The van der Waals surface area contributed by atoms with Crippen molar-refractivity contribution in [3.8, 4) is 0 Å². The van der Waals surface area contributed by atoms with Gasteiger partial charge in [-0.1, -0.05) is 0 Å².